The lowest BCUT2D eigenvalue weighted by atomic mass is 10.1. The van der Waals surface area contributed by atoms with Crippen LogP contribution in [0.2, 0.25) is 4.47 Å². The molecule has 3 N–H and O–H groups in total. The molecule has 0 radical (unpaired) electrons. The number of carbonyl (C=O) groups is 1. The van der Waals surface area contributed by atoms with Crippen molar-refractivity contribution in [1.29, 1.82) is 0 Å². The molecule has 0 spiro atoms. The molecule has 3 rings (SSSR count). The second-order valence-electron chi connectivity index (χ2n) is 4.07. The topological polar surface area (TPSA) is 66.0 Å². The average molecular weight is 295 g/mol. The Morgan fingerprint density at radius 2 is 2.37 bits per heavy atom. The number of carbonyl (C=O) groups excluding carboxylic acids is 1. The molecule has 0 unspecified atom stereocenters. The fraction of sp³-hybridized carbons (Fsp3) is 0.167. The SMILES string of the molecule is O=C1NCc2c(NCc3cnc(Cl)s3)cccc2N1. The molecule has 0 atom stereocenters. The van der Waals surface area contributed by atoms with Gasteiger partial charge in [0.25, 0.3) is 0 Å². The summed E-state index contributed by atoms with van der Waals surface area (Å²) in [4.78, 5) is 16.3. The van der Waals surface area contributed by atoms with Crippen LogP contribution in [0.3, 0.4) is 0 Å². The molecule has 98 valence electrons. The largest absolute Gasteiger partial charge is 0.380 e. The number of aromatic nitrogens is 1. The minimum Gasteiger partial charge on any atom is -0.380 e. The van der Waals surface area contributed by atoms with Crippen molar-refractivity contribution in [3.8, 4) is 0 Å². The molecule has 7 heteroatoms. The van der Waals surface area contributed by atoms with Crippen LogP contribution < -0.4 is 16.0 Å². The highest BCUT2D eigenvalue weighted by Gasteiger charge is 2.16. The van der Waals surface area contributed by atoms with Crippen molar-refractivity contribution in [1.82, 2.24) is 10.3 Å². The van der Waals surface area contributed by atoms with E-state index in [1.54, 1.807) is 6.20 Å². The molecule has 1 aromatic carbocycles. The zero-order chi connectivity index (χ0) is 13.2. The van der Waals surface area contributed by atoms with E-state index in [-0.39, 0.29) is 6.03 Å². The third kappa shape index (κ3) is 2.64. The van der Waals surface area contributed by atoms with Crippen LogP contribution in [-0.4, -0.2) is 11.0 Å². The minimum atomic E-state index is -0.168. The third-order valence-corrected chi connectivity index (χ3v) is 3.94. The number of hydrogen-bond acceptors (Lipinski definition) is 4. The Hall–Kier alpha value is -1.79. The first-order valence-corrected chi connectivity index (χ1v) is 6.92. The highest BCUT2D eigenvalue weighted by atomic mass is 35.5. The predicted molar refractivity (Wildman–Crippen MR) is 76.8 cm³/mol. The predicted octanol–water partition coefficient (Wildman–Crippen LogP) is 3.04. The van der Waals surface area contributed by atoms with Gasteiger partial charge in [-0.1, -0.05) is 17.7 Å². The minimum absolute atomic E-state index is 0.168. The van der Waals surface area contributed by atoms with Gasteiger partial charge < -0.3 is 16.0 Å². The quantitative estimate of drug-likeness (QED) is 0.815. The number of urea groups is 1. The summed E-state index contributed by atoms with van der Waals surface area (Å²) < 4.78 is 0.542. The van der Waals surface area contributed by atoms with Crippen LogP contribution in [0.4, 0.5) is 16.2 Å². The highest BCUT2D eigenvalue weighted by Crippen LogP contribution is 2.27. The first-order valence-electron chi connectivity index (χ1n) is 5.73. The van der Waals surface area contributed by atoms with E-state index in [4.69, 9.17) is 11.6 Å². The van der Waals surface area contributed by atoms with Gasteiger partial charge in [0, 0.05) is 34.6 Å². The maximum atomic E-state index is 11.3. The first-order chi connectivity index (χ1) is 9.22. The van der Waals surface area contributed by atoms with E-state index in [0.717, 1.165) is 21.8 Å². The van der Waals surface area contributed by atoms with Crippen LogP contribution in [-0.2, 0) is 13.1 Å². The van der Waals surface area contributed by atoms with E-state index >= 15 is 0 Å². The van der Waals surface area contributed by atoms with Gasteiger partial charge in [-0.05, 0) is 12.1 Å². The van der Waals surface area contributed by atoms with Crippen molar-refractivity contribution in [3.63, 3.8) is 0 Å². The van der Waals surface area contributed by atoms with Gasteiger partial charge in [-0.3, -0.25) is 0 Å². The molecular formula is C12H11ClN4OS. The number of nitrogens with one attached hydrogen (secondary N) is 3. The maximum absolute atomic E-state index is 11.3. The monoisotopic (exact) mass is 294 g/mol. The van der Waals surface area contributed by atoms with E-state index in [2.05, 4.69) is 20.9 Å². The standard InChI is InChI=1S/C12H11ClN4OS/c13-11-15-5-7(19-11)4-14-9-2-1-3-10-8(9)6-16-12(18)17-10/h1-3,5,14H,4,6H2,(H2,16,17,18). The summed E-state index contributed by atoms with van der Waals surface area (Å²) in [7, 11) is 0. The molecule has 0 bridgehead atoms. The molecule has 19 heavy (non-hydrogen) atoms. The molecular weight excluding hydrogens is 284 g/mol. The van der Waals surface area contributed by atoms with Crippen molar-refractivity contribution in [3.05, 3.63) is 39.3 Å². The number of fused-ring (bicyclic) bond motifs is 1. The van der Waals surface area contributed by atoms with Crippen LogP contribution in [0.5, 0.6) is 0 Å². The summed E-state index contributed by atoms with van der Waals surface area (Å²) in [5.74, 6) is 0. The van der Waals surface area contributed by atoms with Crippen LogP contribution in [0.25, 0.3) is 0 Å². The molecule has 0 saturated carbocycles. The Morgan fingerprint density at radius 3 is 3.16 bits per heavy atom. The Labute approximate surface area is 119 Å². The van der Waals surface area contributed by atoms with Crippen molar-refractivity contribution in [2.45, 2.75) is 13.1 Å². The van der Waals surface area contributed by atoms with Gasteiger partial charge >= 0.3 is 6.03 Å². The lowest BCUT2D eigenvalue weighted by Crippen LogP contribution is -2.33. The number of hydrogen-bond donors (Lipinski definition) is 3. The fourth-order valence-electron chi connectivity index (χ4n) is 1.94. The molecule has 0 aliphatic carbocycles. The first kappa shape index (κ1) is 12.3. The Morgan fingerprint density at radius 1 is 1.47 bits per heavy atom. The van der Waals surface area contributed by atoms with Crippen LogP contribution in [0, 0.1) is 0 Å². The average Bonchev–Trinajstić information content (AvgIpc) is 2.81. The number of amides is 2. The van der Waals surface area contributed by atoms with E-state index in [0.29, 0.717) is 17.6 Å². The van der Waals surface area contributed by atoms with Crippen molar-refractivity contribution in [2.75, 3.05) is 10.6 Å². The van der Waals surface area contributed by atoms with E-state index in [1.165, 1.54) is 11.3 Å². The van der Waals surface area contributed by atoms with Gasteiger partial charge in [0.2, 0.25) is 0 Å². The highest BCUT2D eigenvalue weighted by molar-refractivity contribution is 7.15. The smallest absolute Gasteiger partial charge is 0.319 e. The lowest BCUT2D eigenvalue weighted by molar-refractivity contribution is 0.251. The van der Waals surface area contributed by atoms with Gasteiger partial charge in [0.1, 0.15) is 0 Å². The molecule has 2 heterocycles. The second-order valence-corrected chi connectivity index (χ2v) is 5.77. The zero-order valence-electron chi connectivity index (χ0n) is 9.87. The van der Waals surface area contributed by atoms with Crippen molar-refractivity contribution < 1.29 is 4.79 Å². The summed E-state index contributed by atoms with van der Waals surface area (Å²) in [6, 6.07) is 5.62. The number of nitrogens with zero attached hydrogens (tertiary/aromatic N) is 1. The van der Waals surface area contributed by atoms with Gasteiger partial charge in [0.15, 0.2) is 4.47 Å². The van der Waals surface area contributed by atoms with Crippen LogP contribution in [0.15, 0.2) is 24.4 Å². The maximum Gasteiger partial charge on any atom is 0.319 e. The lowest BCUT2D eigenvalue weighted by Gasteiger charge is -2.21. The third-order valence-electron chi connectivity index (χ3n) is 2.83. The molecule has 0 fully saturated rings. The summed E-state index contributed by atoms with van der Waals surface area (Å²) in [6.07, 6.45) is 1.76. The number of benzene rings is 1. The molecule has 2 amide bonds. The Balaban J connectivity index is 1.78. The van der Waals surface area contributed by atoms with Gasteiger partial charge in [0.05, 0.1) is 6.54 Å². The second kappa shape index (κ2) is 5.07. The van der Waals surface area contributed by atoms with Gasteiger partial charge in [-0.25, -0.2) is 9.78 Å². The van der Waals surface area contributed by atoms with Crippen molar-refractivity contribution >= 4 is 40.3 Å². The summed E-state index contributed by atoms with van der Waals surface area (Å²) in [5, 5.41) is 8.88. The van der Waals surface area contributed by atoms with E-state index in [1.807, 2.05) is 18.2 Å². The Kier molecular flexibility index (Phi) is 3.27. The zero-order valence-corrected chi connectivity index (χ0v) is 11.4. The number of thiazole rings is 1. The number of rotatable bonds is 3. The normalized spacial score (nSPS) is 13.4. The molecule has 1 aliphatic heterocycles. The van der Waals surface area contributed by atoms with Gasteiger partial charge in [-0.15, -0.1) is 11.3 Å². The molecule has 5 nitrogen and oxygen atoms in total. The van der Waals surface area contributed by atoms with E-state index < -0.39 is 0 Å². The molecule has 1 aromatic heterocycles. The van der Waals surface area contributed by atoms with Crippen molar-refractivity contribution in [2.24, 2.45) is 0 Å². The fourth-order valence-corrected chi connectivity index (χ4v) is 2.86. The molecule has 2 aromatic rings. The van der Waals surface area contributed by atoms with E-state index in [9.17, 15) is 4.79 Å². The number of anilines is 2. The van der Waals surface area contributed by atoms with Gasteiger partial charge in [-0.2, -0.15) is 0 Å². The molecule has 1 aliphatic rings. The van der Waals surface area contributed by atoms with Crippen LogP contribution in [0.1, 0.15) is 10.4 Å². The molecule has 0 saturated heterocycles. The summed E-state index contributed by atoms with van der Waals surface area (Å²) in [5.41, 5.74) is 2.89. The summed E-state index contributed by atoms with van der Waals surface area (Å²) in [6.45, 7) is 1.18. The number of halogens is 1. The van der Waals surface area contributed by atoms with Crippen LogP contribution >= 0.6 is 22.9 Å². The summed E-state index contributed by atoms with van der Waals surface area (Å²) >= 11 is 7.25. The Bertz CT molecular complexity index is 628.